The van der Waals surface area contributed by atoms with Gasteiger partial charge in [0.25, 0.3) is 0 Å². The second-order valence-corrected chi connectivity index (χ2v) is 5.77. The fourth-order valence-corrected chi connectivity index (χ4v) is 2.72. The van der Waals surface area contributed by atoms with Crippen LogP contribution in [0.2, 0.25) is 0 Å². The Morgan fingerprint density at radius 1 is 1.40 bits per heavy atom. The van der Waals surface area contributed by atoms with Gasteiger partial charge in [-0.2, -0.15) is 0 Å². The van der Waals surface area contributed by atoms with Crippen LogP contribution in [0.15, 0.2) is 24.5 Å². The third kappa shape index (κ3) is 3.31. The lowest BCUT2D eigenvalue weighted by molar-refractivity contribution is 0.0697. The topological polar surface area (TPSA) is 98.3 Å². The molecule has 9 heteroatoms. The third-order valence-corrected chi connectivity index (χ3v) is 4.06. The van der Waals surface area contributed by atoms with E-state index in [0.717, 1.165) is 17.3 Å². The smallest absolute Gasteiger partial charge is 0.335 e. The van der Waals surface area contributed by atoms with Gasteiger partial charge in [0.05, 0.1) is 29.7 Å². The molecule has 0 bridgehead atoms. The van der Waals surface area contributed by atoms with Crippen molar-refractivity contribution in [3.05, 3.63) is 35.9 Å². The molecule has 2 aromatic heterocycles. The van der Waals surface area contributed by atoms with Gasteiger partial charge in [-0.05, 0) is 18.2 Å². The lowest BCUT2D eigenvalue weighted by Crippen LogP contribution is -2.23. The van der Waals surface area contributed by atoms with Crippen LogP contribution in [0.5, 0.6) is 0 Å². The summed E-state index contributed by atoms with van der Waals surface area (Å²) in [6, 6.07) is 4.93. The molecule has 0 spiro atoms. The van der Waals surface area contributed by atoms with E-state index in [2.05, 4.69) is 15.2 Å². The summed E-state index contributed by atoms with van der Waals surface area (Å²) in [4.78, 5) is 17.7. The van der Waals surface area contributed by atoms with Crippen LogP contribution in [-0.4, -0.2) is 56.2 Å². The number of carboxylic acids is 1. The van der Waals surface area contributed by atoms with Gasteiger partial charge < -0.3 is 23.9 Å². The Kier molecular flexibility index (Phi) is 4.66. The first-order valence-corrected chi connectivity index (χ1v) is 7.77. The van der Waals surface area contributed by atoms with Crippen molar-refractivity contribution in [1.29, 1.82) is 0 Å². The van der Waals surface area contributed by atoms with Gasteiger partial charge >= 0.3 is 5.97 Å². The molecule has 9 nitrogen and oxygen atoms in total. The van der Waals surface area contributed by atoms with Crippen molar-refractivity contribution in [2.75, 3.05) is 25.7 Å². The van der Waals surface area contributed by atoms with E-state index in [1.165, 1.54) is 0 Å². The molecule has 132 valence electrons. The molecule has 3 rings (SSSR count). The first kappa shape index (κ1) is 16.9. The van der Waals surface area contributed by atoms with Gasteiger partial charge in [-0.25, -0.2) is 9.78 Å². The SMILES string of the molecule is COCCn1cnnc1CN(C)c1nc2cc(C(=O)O)ccc2n1C. The molecule has 1 N–H and O–H groups in total. The second-order valence-electron chi connectivity index (χ2n) is 5.77. The Labute approximate surface area is 144 Å². The van der Waals surface area contributed by atoms with Crippen LogP contribution < -0.4 is 4.90 Å². The standard InChI is InChI=1S/C16H20N6O3/c1-20(9-14-19-17-10-22(14)6-7-25-3)16-18-12-8-11(15(23)24)4-5-13(12)21(16)2/h4-5,8,10H,6-7,9H2,1-3H3,(H,23,24). The van der Waals surface area contributed by atoms with Crippen molar-refractivity contribution in [2.24, 2.45) is 7.05 Å². The molecule has 0 atom stereocenters. The Bertz CT molecular complexity index is 901. The van der Waals surface area contributed by atoms with Crippen LogP contribution in [0.3, 0.4) is 0 Å². The fraction of sp³-hybridized carbons (Fsp3) is 0.375. The fourth-order valence-electron chi connectivity index (χ4n) is 2.72. The summed E-state index contributed by atoms with van der Waals surface area (Å²) in [5, 5.41) is 17.2. The summed E-state index contributed by atoms with van der Waals surface area (Å²) < 4.78 is 8.96. The predicted molar refractivity (Wildman–Crippen MR) is 91.7 cm³/mol. The van der Waals surface area contributed by atoms with Crippen LogP contribution in [0.25, 0.3) is 11.0 Å². The number of rotatable bonds is 7. The Morgan fingerprint density at radius 3 is 2.92 bits per heavy atom. The lowest BCUT2D eigenvalue weighted by atomic mass is 10.2. The van der Waals surface area contributed by atoms with Gasteiger partial charge in [0.1, 0.15) is 6.33 Å². The number of hydrogen-bond donors (Lipinski definition) is 1. The molecule has 25 heavy (non-hydrogen) atoms. The zero-order valence-electron chi connectivity index (χ0n) is 14.4. The van der Waals surface area contributed by atoms with Crippen molar-refractivity contribution in [3.63, 3.8) is 0 Å². The second kappa shape index (κ2) is 6.89. The minimum Gasteiger partial charge on any atom is -0.478 e. The predicted octanol–water partition coefficient (Wildman–Crippen LogP) is 1.15. The maximum absolute atomic E-state index is 11.1. The number of aryl methyl sites for hydroxylation is 1. The number of nitrogens with zero attached hydrogens (tertiary/aromatic N) is 6. The number of ether oxygens (including phenoxy) is 1. The summed E-state index contributed by atoms with van der Waals surface area (Å²) in [6.45, 7) is 1.78. The van der Waals surface area contributed by atoms with Crippen LogP contribution in [0, 0.1) is 0 Å². The number of aromatic nitrogens is 5. The van der Waals surface area contributed by atoms with Gasteiger partial charge in [-0.15, -0.1) is 10.2 Å². The Morgan fingerprint density at radius 2 is 2.20 bits per heavy atom. The van der Waals surface area contributed by atoms with Gasteiger partial charge in [0, 0.05) is 27.7 Å². The van der Waals surface area contributed by atoms with E-state index in [1.54, 1.807) is 31.6 Å². The summed E-state index contributed by atoms with van der Waals surface area (Å²) in [7, 11) is 5.47. The van der Waals surface area contributed by atoms with Crippen LogP contribution in [-0.2, 0) is 24.9 Å². The number of imidazole rings is 1. The van der Waals surface area contributed by atoms with Gasteiger partial charge in [0.2, 0.25) is 5.95 Å². The Balaban J connectivity index is 1.87. The number of hydrogen-bond acceptors (Lipinski definition) is 6. The monoisotopic (exact) mass is 344 g/mol. The van der Waals surface area contributed by atoms with Crippen LogP contribution in [0.4, 0.5) is 5.95 Å². The maximum Gasteiger partial charge on any atom is 0.335 e. The van der Waals surface area contributed by atoms with E-state index in [4.69, 9.17) is 9.84 Å². The van der Waals surface area contributed by atoms with E-state index in [1.807, 2.05) is 28.1 Å². The molecule has 0 unspecified atom stereocenters. The van der Waals surface area contributed by atoms with Crippen molar-refractivity contribution in [1.82, 2.24) is 24.3 Å². The highest BCUT2D eigenvalue weighted by Gasteiger charge is 2.16. The van der Waals surface area contributed by atoms with Gasteiger partial charge in [-0.1, -0.05) is 0 Å². The molecule has 0 aliphatic rings. The summed E-state index contributed by atoms with van der Waals surface area (Å²) in [6.07, 6.45) is 1.68. The number of fused-ring (bicyclic) bond motifs is 1. The van der Waals surface area contributed by atoms with Crippen molar-refractivity contribution in [2.45, 2.75) is 13.1 Å². The number of anilines is 1. The van der Waals surface area contributed by atoms with Gasteiger partial charge in [0.15, 0.2) is 5.82 Å². The quantitative estimate of drug-likeness (QED) is 0.686. The van der Waals surface area contributed by atoms with E-state index >= 15 is 0 Å². The average Bonchev–Trinajstić information content (AvgIpc) is 3.17. The third-order valence-electron chi connectivity index (χ3n) is 4.06. The Hall–Kier alpha value is -2.94. The van der Waals surface area contributed by atoms with E-state index < -0.39 is 5.97 Å². The van der Waals surface area contributed by atoms with Crippen molar-refractivity contribution < 1.29 is 14.6 Å². The summed E-state index contributed by atoms with van der Waals surface area (Å²) in [5.74, 6) is 0.561. The minimum atomic E-state index is -0.964. The molecule has 0 fully saturated rings. The molecular weight excluding hydrogens is 324 g/mol. The highest BCUT2D eigenvalue weighted by molar-refractivity contribution is 5.93. The van der Waals surface area contributed by atoms with Gasteiger partial charge in [-0.3, -0.25) is 0 Å². The van der Waals surface area contributed by atoms with Crippen LogP contribution >= 0.6 is 0 Å². The largest absolute Gasteiger partial charge is 0.478 e. The molecule has 0 radical (unpaired) electrons. The first-order valence-electron chi connectivity index (χ1n) is 7.77. The zero-order valence-corrected chi connectivity index (χ0v) is 14.4. The number of carboxylic acid groups (broad SMARTS) is 1. The molecule has 3 aromatic rings. The molecule has 1 aromatic carbocycles. The number of methoxy groups -OCH3 is 1. The summed E-state index contributed by atoms with van der Waals surface area (Å²) >= 11 is 0. The normalized spacial score (nSPS) is 11.2. The highest BCUT2D eigenvalue weighted by Crippen LogP contribution is 2.22. The zero-order chi connectivity index (χ0) is 18.0. The molecular formula is C16H20N6O3. The molecule has 2 heterocycles. The highest BCUT2D eigenvalue weighted by atomic mass is 16.5. The van der Waals surface area contributed by atoms with Crippen molar-refractivity contribution in [3.8, 4) is 0 Å². The number of aromatic carboxylic acids is 1. The molecule has 0 saturated heterocycles. The average molecular weight is 344 g/mol. The molecule has 0 aliphatic carbocycles. The number of benzene rings is 1. The maximum atomic E-state index is 11.1. The van der Waals surface area contributed by atoms with Crippen molar-refractivity contribution >= 4 is 23.0 Å². The van der Waals surface area contributed by atoms with E-state index in [-0.39, 0.29) is 5.56 Å². The summed E-state index contributed by atoms with van der Waals surface area (Å²) in [5.41, 5.74) is 1.73. The molecule has 0 saturated carbocycles. The minimum absolute atomic E-state index is 0.221. The molecule has 0 aliphatic heterocycles. The van der Waals surface area contributed by atoms with Crippen LogP contribution in [0.1, 0.15) is 16.2 Å². The first-order chi connectivity index (χ1) is 12.0. The van der Waals surface area contributed by atoms with E-state index in [9.17, 15) is 4.79 Å². The number of carbonyl (C=O) groups is 1. The molecule has 0 amide bonds. The van der Waals surface area contributed by atoms with E-state index in [0.29, 0.717) is 25.2 Å². The lowest BCUT2D eigenvalue weighted by Gasteiger charge is -2.18.